The number of ether oxygens (including phenoxy) is 2. The van der Waals surface area contributed by atoms with Crippen LogP contribution in [0.15, 0.2) is 28.7 Å². The molecule has 0 fully saturated rings. The largest absolute Gasteiger partial charge is 0.493 e. The highest BCUT2D eigenvalue weighted by Crippen LogP contribution is 2.39. The lowest BCUT2D eigenvalue weighted by Gasteiger charge is -2.10. The van der Waals surface area contributed by atoms with Crippen LogP contribution in [0.25, 0.3) is 10.6 Å². The minimum absolute atomic E-state index is 0.0455. The number of benzene rings is 1. The van der Waals surface area contributed by atoms with Crippen LogP contribution < -0.4 is 15.3 Å². The Morgan fingerprint density at radius 2 is 2.00 bits per heavy atom. The van der Waals surface area contributed by atoms with E-state index < -0.39 is 12.0 Å². The van der Waals surface area contributed by atoms with Gasteiger partial charge in [-0.05, 0) is 12.1 Å². The molecule has 0 spiro atoms. The normalized spacial score (nSPS) is 11.6. The first-order valence-corrected chi connectivity index (χ1v) is 9.28. The van der Waals surface area contributed by atoms with Crippen LogP contribution in [-0.2, 0) is 11.9 Å². The van der Waals surface area contributed by atoms with Gasteiger partial charge in [0.1, 0.15) is 5.01 Å². The van der Waals surface area contributed by atoms with Crippen molar-refractivity contribution in [3.8, 4) is 22.1 Å². The van der Waals surface area contributed by atoms with E-state index in [9.17, 15) is 13.2 Å². The molecular formula is C15H14F3N5O2S2. The molecule has 0 unspecified atom stereocenters. The van der Waals surface area contributed by atoms with E-state index in [1.165, 1.54) is 18.4 Å². The molecule has 3 aromatic rings. The maximum atomic E-state index is 12.7. The molecule has 0 saturated heterocycles. The summed E-state index contributed by atoms with van der Waals surface area (Å²) in [5.74, 6) is 5.61. The highest BCUT2D eigenvalue weighted by Gasteiger charge is 2.38. The second kappa shape index (κ2) is 7.64. The number of thiazole rings is 1. The summed E-state index contributed by atoms with van der Waals surface area (Å²) in [5, 5.41) is 9.03. The Labute approximate surface area is 160 Å². The van der Waals surface area contributed by atoms with E-state index >= 15 is 0 Å². The summed E-state index contributed by atoms with van der Waals surface area (Å²) >= 11 is 2.40. The topological polar surface area (TPSA) is 88.1 Å². The molecular weight excluding hydrogens is 403 g/mol. The van der Waals surface area contributed by atoms with Gasteiger partial charge in [0.05, 0.1) is 25.5 Å². The zero-order valence-electron chi connectivity index (χ0n) is 14.1. The molecule has 0 atom stereocenters. The van der Waals surface area contributed by atoms with E-state index in [0.717, 1.165) is 17.3 Å². The number of alkyl halides is 3. The lowest BCUT2D eigenvalue weighted by Crippen LogP contribution is -2.21. The fourth-order valence-corrected chi connectivity index (χ4v) is 3.96. The minimum atomic E-state index is -4.66. The fourth-order valence-electron chi connectivity index (χ4n) is 2.26. The number of nitrogens with zero attached hydrogens (tertiary/aromatic N) is 4. The van der Waals surface area contributed by atoms with Crippen LogP contribution in [0.4, 0.5) is 13.2 Å². The zero-order valence-corrected chi connectivity index (χ0v) is 15.8. The van der Waals surface area contributed by atoms with Crippen molar-refractivity contribution in [2.45, 2.75) is 17.1 Å². The molecule has 27 heavy (non-hydrogen) atoms. The van der Waals surface area contributed by atoms with Crippen LogP contribution >= 0.6 is 23.1 Å². The molecule has 2 N–H and O–H groups in total. The molecule has 0 radical (unpaired) electrons. The van der Waals surface area contributed by atoms with Gasteiger partial charge >= 0.3 is 6.18 Å². The van der Waals surface area contributed by atoms with Gasteiger partial charge in [0, 0.05) is 11.1 Å². The molecule has 2 aromatic heterocycles. The monoisotopic (exact) mass is 417 g/mol. The van der Waals surface area contributed by atoms with Crippen molar-refractivity contribution < 1.29 is 22.6 Å². The molecule has 2 heterocycles. The smallest absolute Gasteiger partial charge is 0.453 e. The lowest BCUT2D eigenvalue weighted by atomic mass is 10.2. The summed E-state index contributed by atoms with van der Waals surface area (Å²) in [5.41, 5.74) is 1.43. The summed E-state index contributed by atoms with van der Waals surface area (Å²) < 4.78 is 49.2. The number of rotatable bonds is 6. The van der Waals surface area contributed by atoms with Crippen LogP contribution in [-0.4, -0.2) is 34.1 Å². The first-order valence-electron chi connectivity index (χ1n) is 7.41. The number of aromatic nitrogens is 4. The number of hydrogen-bond donors (Lipinski definition) is 1. The van der Waals surface area contributed by atoms with E-state index in [4.69, 9.17) is 15.3 Å². The quantitative estimate of drug-likeness (QED) is 0.485. The van der Waals surface area contributed by atoms with E-state index in [1.54, 1.807) is 13.2 Å². The third kappa shape index (κ3) is 3.95. The standard InChI is InChI=1S/C15H14F3N5O2S2/c1-24-10-5-3-4-9(11(10)25-2)12-20-8(6-26-12)7-27-14-22-21-13(23(14)19)15(16,17)18/h3-6H,7,19H2,1-2H3. The lowest BCUT2D eigenvalue weighted by molar-refractivity contribution is -0.146. The van der Waals surface area contributed by atoms with Gasteiger partial charge in [-0.25, -0.2) is 9.66 Å². The Morgan fingerprint density at radius 3 is 2.63 bits per heavy atom. The molecule has 3 rings (SSSR count). The summed E-state index contributed by atoms with van der Waals surface area (Å²) in [6.07, 6.45) is -4.66. The van der Waals surface area contributed by atoms with Gasteiger partial charge < -0.3 is 15.3 Å². The molecule has 12 heteroatoms. The maximum absolute atomic E-state index is 12.7. The Kier molecular flexibility index (Phi) is 5.46. The van der Waals surface area contributed by atoms with Crippen molar-refractivity contribution in [1.29, 1.82) is 0 Å². The molecule has 0 aliphatic heterocycles. The summed E-state index contributed by atoms with van der Waals surface area (Å²) in [7, 11) is 3.09. The van der Waals surface area contributed by atoms with Crippen molar-refractivity contribution in [3.63, 3.8) is 0 Å². The number of halogens is 3. The summed E-state index contributed by atoms with van der Waals surface area (Å²) in [6.45, 7) is 0. The third-order valence-electron chi connectivity index (χ3n) is 3.45. The fraction of sp³-hybridized carbons (Fsp3) is 0.267. The van der Waals surface area contributed by atoms with Gasteiger partial charge in [0.15, 0.2) is 11.5 Å². The SMILES string of the molecule is COc1cccc(-c2nc(CSc3nnc(C(F)(F)F)n3N)cs2)c1OC. The molecule has 1 aromatic carbocycles. The predicted octanol–water partition coefficient (Wildman–Crippen LogP) is 3.44. The first kappa shape index (κ1) is 19.3. The Morgan fingerprint density at radius 1 is 1.22 bits per heavy atom. The van der Waals surface area contributed by atoms with Gasteiger partial charge in [0.25, 0.3) is 5.82 Å². The Bertz CT molecular complexity index is 942. The van der Waals surface area contributed by atoms with Gasteiger partial charge in [-0.3, -0.25) is 0 Å². The number of nitrogen functional groups attached to an aromatic ring is 1. The van der Waals surface area contributed by atoms with Gasteiger partial charge in [-0.15, -0.1) is 21.5 Å². The molecule has 0 aliphatic rings. The van der Waals surface area contributed by atoms with Crippen molar-refractivity contribution in [3.05, 3.63) is 35.1 Å². The molecule has 144 valence electrons. The molecule has 0 saturated carbocycles. The van der Waals surface area contributed by atoms with Gasteiger partial charge in [-0.2, -0.15) is 13.2 Å². The van der Waals surface area contributed by atoms with Crippen molar-refractivity contribution >= 4 is 23.1 Å². The van der Waals surface area contributed by atoms with Crippen LogP contribution in [0.1, 0.15) is 11.5 Å². The van der Waals surface area contributed by atoms with Gasteiger partial charge in [0.2, 0.25) is 5.16 Å². The van der Waals surface area contributed by atoms with Gasteiger partial charge in [-0.1, -0.05) is 17.8 Å². The minimum Gasteiger partial charge on any atom is -0.493 e. The highest BCUT2D eigenvalue weighted by molar-refractivity contribution is 7.98. The summed E-state index contributed by atoms with van der Waals surface area (Å²) in [6, 6.07) is 5.45. The van der Waals surface area contributed by atoms with Crippen LogP contribution in [0.3, 0.4) is 0 Å². The maximum Gasteiger partial charge on any atom is 0.453 e. The van der Waals surface area contributed by atoms with Crippen LogP contribution in [0.5, 0.6) is 11.5 Å². The molecule has 0 aliphatic carbocycles. The van der Waals surface area contributed by atoms with Crippen LogP contribution in [0, 0.1) is 0 Å². The number of nitrogens with two attached hydrogens (primary N) is 1. The third-order valence-corrected chi connectivity index (χ3v) is 5.35. The highest BCUT2D eigenvalue weighted by atomic mass is 32.2. The Hall–Kier alpha value is -2.47. The second-order valence-corrected chi connectivity index (χ2v) is 6.95. The van der Waals surface area contributed by atoms with E-state index in [-0.39, 0.29) is 10.9 Å². The number of para-hydroxylation sites is 1. The zero-order chi connectivity index (χ0) is 19.6. The number of methoxy groups -OCH3 is 2. The van der Waals surface area contributed by atoms with Crippen molar-refractivity contribution in [2.24, 2.45) is 0 Å². The average molecular weight is 417 g/mol. The predicted molar refractivity (Wildman–Crippen MR) is 95.4 cm³/mol. The van der Waals surface area contributed by atoms with Crippen molar-refractivity contribution in [1.82, 2.24) is 19.9 Å². The number of thioether (sulfide) groups is 1. The average Bonchev–Trinajstić information content (AvgIpc) is 3.25. The Balaban J connectivity index is 1.77. The number of hydrogen-bond acceptors (Lipinski definition) is 8. The van der Waals surface area contributed by atoms with E-state index in [2.05, 4.69) is 15.2 Å². The second-order valence-electron chi connectivity index (χ2n) is 5.15. The van der Waals surface area contributed by atoms with Crippen LogP contribution in [0.2, 0.25) is 0 Å². The molecule has 0 amide bonds. The van der Waals surface area contributed by atoms with Crippen molar-refractivity contribution in [2.75, 3.05) is 20.1 Å². The first-order chi connectivity index (χ1) is 12.8. The van der Waals surface area contributed by atoms with E-state index in [0.29, 0.717) is 26.9 Å². The molecule has 0 bridgehead atoms. The summed E-state index contributed by atoms with van der Waals surface area (Å²) in [4.78, 5) is 4.51. The van der Waals surface area contributed by atoms with E-state index in [1.807, 2.05) is 17.5 Å². The molecule has 7 nitrogen and oxygen atoms in total.